The third kappa shape index (κ3) is 4.16. The van der Waals surface area contributed by atoms with E-state index in [0.29, 0.717) is 18.8 Å². The summed E-state index contributed by atoms with van der Waals surface area (Å²) >= 11 is 0. The fraction of sp³-hybridized carbons (Fsp3) is 0.923. The van der Waals surface area contributed by atoms with E-state index >= 15 is 0 Å². The molecule has 3 unspecified atom stereocenters. The molecule has 0 aromatic rings. The fourth-order valence-corrected chi connectivity index (χ4v) is 2.76. The molecule has 0 bridgehead atoms. The molecule has 1 aliphatic rings. The highest BCUT2D eigenvalue weighted by Gasteiger charge is 2.40. The van der Waals surface area contributed by atoms with Crippen molar-refractivity contribution in [2.75, 3.05) is 6.54 Å². The average Bonchev–Trinajstić information content (AvgIpc) is 2.24. The van der Waals surface area contributed by atoms with Gasteiger partial charge in [0.15, 0.2) is 0 Å². The minimum absolute atomic E-state index is 0.197. The molecule has 0 aliphatic heterocycles. The van der Waals surface area contributed by atoms with E-state index in [0.717, 1.165) is 6.42 Å². The van der Waals surface area contributed by atoms with E-state index in [-0.39, 0.29) is 18.0 Å². The molecule has 0 heterocycles. The van der Waals surface area contributed by atoms with E-state index in [9.17, 15) is 13.2 Å². The third-order valence-electron chi connectivity index (χ3n) is 3.70. The molecule has 0 radical (unpaired) electrons. The van der Waals surface area contributed by atoms with E-state index in [1.807, 2.05) is 6.92 Å². The Labute approximate surface area is 107 Å². The number of halogens is 3. The zero-order valence-corrected chi connectivity index (χ0v) is 11.2. The largest absolute Gasteiger partial charge is 0.401 e. The zero-order valence-electron chi connectivity index (χ0n) is 11.2. The Morgan fingerprint density at radius 2 is 1.94 bits per heavy atom. The maximum atomic E-state index is 12.6. The summed E-state index contributed by atoms with van der Waals surface area (Å²) in [6.45, 7) is 4.66. The second-order valence-electron chi connectivity index (χ2n) is 5.60. The van der Waals surface area contributed by atoms with Crippen molar-refractivity contribution < 1.29 is 13.2 Å². The standard InChI is InChI=1S/C13H21F3N2/c1-9(2)18(8-13(14,15)16)12-6-10(3)4-5-11(12)7-17/h9-12H,4-6,8H2,1-3H3. The molecule has 18 heavy (non-hydrogen) atoms. The smallest absolute Gasteiger partial charge is 0.288 e. The topological polar surface area (TPSA) is 27.0 Å². The molecule has 104 valence electrons. The summed E-state index contributed by atoms with van der Waals surface area (Å²) in [5.41, 5.74) is 0. The van der Waals surface area contributed by atoms with Crippen LogP contribution in [0.5, 0.6) is 0 Å². The van der Waals surface area contributed by atoms with Gasteiger partial charge in [-0.05, 0) is 39.0 Å². The predicted octanol–water partition coefficient (Wildman–Crippen LogP) is 3.59. The first-order valence-corrected chi connectivity index (χ1v) is 6.46. The van der Waals surface area contributed by atoms with Crippen LogP contribution in [0, 0.1) is 23.2 Å². The lowest BCUT2D eigenvalue weighted by molar-refractivity contribution is -0.159. The van der Waals surface area contributed by atoms with Crippen LogP contribution in [0.25, 0.3) is 0 Å². The van der Waals surface area contributed by atoms with Gasteiger partial charge >= 0.3 is 6.18 Å². The Morgan fingerprint density at radius 1 is 1.33 bits per heavy atom. The van der Waals surface area contributed by atoms with E-state index in [2.05, 4.69) is 6.07 Å². The molecule has 0 N–H and O–H groups in total. The van der Waals surface area contributed by atoms with Gasteiger partial charge in [-0.2, -0.15) is 18.4 Å². The lowest BCUT2D eigenvalue weighted by Gasteiger charge is -2.41. The fourth-order valence-electron chi connectivity index (χ4n) is 2.76. The molecule has 0 saturated heterocycles. The molecule has 3 atom stereocenters. The van der Waals surface area contributed by atoms with Crippen LogP contribution in [0.15, 0.2) is 0 Å². The van der Waals surface area contributed by atoms with Gasteiger partial charge in [0.25, 0.3) is 0 Å². The van der Waals surface area contributed by atoms with Crippen LogP contribution in [-0.4, -0.2) is 29.7 Å². The summed E-state index contributed by atoms with van der Waals surface area (Å²) in [7, 11) is 0. The Kier molecular flexibility index (Phi) is 5.03. The van der Waals surface area contributed by atoms with Crippen molar-refractivity contribution in [1.29, 1.82) is 5.26 Å². The number of hydrogen-bond acceptors (Lipinski definition) is 2. The van der Waals surface area contributed by atoms with Crippen molar-refractivity contribution in [2.45, 2.75) is 58.3 Å². The van der Waals surface area contributed by atoms with E-state index in [1.165, 1.54) is 4.90 Å². The van der Waals surface area contributed by atoms with Crippen LogP contribution in [-0.2, 0) is 0 Å². The Morgan fingerprint density at radius 3 is 2.39 bits per heavy atom. The average molecular weight is 262 g/mol. The number of hydrogen-bond donors (Lipinski definition) is 0. The van der Waals surface area contributed by atoms with Crippen molar-refractivity contribution in [3.8, 4) is 6.07 Å². The molecular weight excluding hydrogens is 241 g/mol. The maximum Gasteiger partial charge on any atom is 0.401 e. The first-order chi connectivity index (χ1) is 8.24. The predicted molar refractivity (Wildman–Crippen MR) is 63.8 cm³/mol. The van der Waals surface area contributed by atoms with Crippen molar-refractivity contribution in [3.05, 3.63) is 0 Å². The molecule has 0 aromatic carbocycles. The molecule has 0 amide bonds. The normalized spacial score (nSPS) is 29.6. The van der Waals surface area contributed by atoms with Crippen molar-refractivity contribution in [3.63, 3.8) is 0 Å². The van der Waals surface area contributed by atoms with Gasteiger partial charge in [-0.25, -0.2) is 0 Å². The van der Waals surface area contributed by atoms with Crippen LogP contribution < -0.4 is 0 Å². The van der Waals surface area contributed by atoms with E-state index < -0.39 is 12.7 Å². The molecule has 1 aliphatic carbocycles. The quantitative estimate of drug-likeness (QED) is 0.777. The summed E-state index contributed by atoms with van der Waals surface area (Å²) in [5, 5.41) is 9.12. The van der Waals surface area contributed by atoms with Crippen LogP contribution in [0.1, 0.15) is 40.0 Å². The first kappa shape index (κ1) is 15.3. The molecule has 0 spiro atoms. The van der Waals surface area contributed by atoms with Crippen LogP contribution in [0.3, 0.4) is 0 Å². The van der Waals surface area contributed by atoms with Gasteiger partial charge in [-0.15, -0.1) is 0 Å². The molecular formula is C13H21F3N2. The van der Waals surface area contributed by atoms with Crippen molar-refractivity contribution in [1.82, 2.24) is 4.90 Å². The highest BCUT2D eigenvalue weighted by Crippen LogP contribution is 2.34. The third-order valence-corrected chi connectivity index (χ3v) is 3.70. The van der Waals surface area contributed by atoms with Gasteiger partial charge in [-0.3, -0.25) is 4.90 Å². The van der Waals surface area contributed by atoms with Gasteiger partial charge in [0, 0.05) is 12.1 Å². The molecule has 5 heteroatoms. The lowest BCUT2D eigenvalue weighted by Crippen LogP contribution is -2.50. The summed E-state index contributed by atoms with van der Waals surface area (Å²) in [6.07, 6.45) is -1.87. The summed E-state index contributed by atoms with van der Waals surface area (Å²) < 4.78 is 37.9. The van der Waals surface area contributed by atoms with Crippen LogP contribution in [0.2, 0.25) is 0 Å². The van der Waals surface area contributed by atoms with Crippen molar-refractivity contribution >= 4 is 0 Å². The highest BCUT2D eigenvalue weighted by molar-refractivity contribution is 4.98. The molecule has 1 fully saturated rings. The Balaban J connectivity index is 2.85. The van der Waals surface area contributed by atoms with Gasteiger partial charge in [0.05, 0.1) is 18.5 Å². The highest BCUT2D eigenvalue weighted by atomic mass is 19.4. The van der Waals surface area contributed by atoms with Gasteiger partial charge in [0.1, 0.15) is 0 Å². The summed E-state index contributed by atoms with van der Waals surface area (Å²) in [5.74, 6) is 0.125. The Bertz CT molecular complexity index is 306. The monoisotopic (exact) mass is 262 g/mol. The van der Waals surface area contributed by atoms with Crippen LogP contribution >= 0.6 is 0 Å². The zero-order chi connectivity index (χ0) is 13.9. The van der Waals surface area contributed by atoms with E-state index in [1.54, 1.807) is 13.8 Å². The first-order valence-electron chi connectivity index (χ1n) is 6.46. The second-order valence-corrected chi connectivity index (χ2v) is 5.60. The number of nitrogens with zero attached hydrogens (tertiary/aromatic N) is 2. The van der Waals surface area contributed by atoms with Gasteiger partial charge in [-0.1, -0.05) is 6.92 Å². The van der Waals surface area contributed by atoms with Gasteiger partial charge < -0.3 is 0 Å². The second kappa shape index (κ2) is 5.92. The summed E-state index contributed by atoms with van der Waals surface area (Å²) in [4.78, 5) is 1.45. The minimum atomic E-state index is -4.20. The molecule has 1 saturated carbocycles. The molecule has 2 nitrogen and oxygen atoms in total. The summed E-state index contributed by atoms with van der Waals surface area (Å²) in [6, 6.07) is 1.73. The minimum Gasteiger partial charge on any atom is -0.288 e. The number of rotatable bonds is 3. The SMILES string of the molecule is CC1CCC(C#N)C(N(CC(F)(F)F)C(C)C)C1. The number of alkyl halides is 3. The molecule has 0 aromatic heterocycles. The lowest BCUT2D eigenvalue weighted by atomic mass is 9.78. The maximum absolute atomic E-state index is 12.6. The molecule has 1 rings (SSSR count). The Hall–Kier alpha value is -0.760. The van der Waals surface area contributed by atoms with E-state index in [4.69, 9.17) is 5.26 Å². The van der Waals surface area contributed by atoms with Crippen LogP contribution in [0.4, 0.5) is 13.2 Å². The van der Waals surface area contributed by atoms with Gasteiger partial charge in [0.2, 0.25) is 0 Å². The van der Waals surface area contributed by atoms with Crippen molar-refractivity contribution in [2.24, 2.45) is 11.8 Å². The number of nitriles is 1.